The highest BCUT2D eigenvalue weighted by molar-refractivity contribution is 5.99. The molecular weight excluding hydrogens is 348 g/mol. The molecule has 0 fully saturated rings. The largest absolute Gasteiger partial charge is 0.378 e. The molecule has 3 aromatic rings. The monoisotopic (exact) mass is 374 g/mol. The Kier molecular flexibility index (Phi) is 4.90. The van der Waals surface area contributed by atoms with Crippen LogP contribution in [0.1, 0.15) is 37.8 Å². The van der Waals surface area contributed by atoms with Gasteiger partial charge in [-0.05, 0) is 55.7 Å². The van der Waals surface area contributed by atoms with Gasteiger partial charge in [0.1, 0.15) is 11.5 Å². The number of hydrogen-bond acceptors (Lipinski definition) is 3. The minimum Gasteiger partial charge on any atom is -0.378 e. The lowest BCUT2D eigenvalue weighted by atomic mass is 9.91. The summed E-state index contributed by atoms with van der Waals surface area (Å²) in [4.78, 5) is 21.6. The van der Waals surface area contributed by atoms with Crippen molar-refractivity contribution in [2.45, 2.75) is 32.1 Å². The van der Waals surface area contributed by atoms with E-state index in [1.165, 1.54) is 0 Å². The lowest BCUT2D eigenvalue weighted by Gasteiger charge is -2.25. The summed E-state index contributed by atoms with van der Waals surface area (Å²) >= 11 is 0. The maximum atomic E-state index is 12.8. The molecule has 0 aliphatic heterocycles. The average Bonchev–Trinajstić information content (AvgIpc) is 3.08. The van der Waals surface area contributed by atoms with Crippen molar-refractivity contribution >= 4 is 28.7 Å². The van der Waals surface area contributed by atoms with Crippen molar-refractivity contribution in [1.29, 1.82) is 0 Å². The zero-order valence-corrected chi connectivity index (χ0v) is 16.7. The second-order valence-corrected chi connectivity index (χ2v) is 7.50. The van der Waals surface area contributed by atoms with Crippen molar-refractivity contribution in [2.24, 2.45) is 0 Å². The number of imidazole rings is 1. The Hall–Kier alpha value is -3.08. The first kappa shape index (κ1) is 18.3. The van der Waals surface area contributed by atoms with Crippen LogP contribution in [0.4, 0.5) is 17.2 Å². The van der Waals surface area contributed by atoms with Gasteiger partial charge in [0, 0.05) is 38.8 Å². The first-order chi connectivity index (χ1) is 13.6. The number of aromatic nitrogens is 2. The maximum Gasteiger partial charge on any atom is 0.229 e. The summed E-state index contributed by atoms with van der Waals surface area (Å²) in [6, 6.07) is 14.1. The minimum absolute atomic E-state index is 0.0177. The van der Waals surface area contributed by atoms with Gasteiger partial charge in [0.2, 0.25) is 5.91 Å². The van der Waals surface area contributed by atoms with Crippen LogP contribution >= 0.6 is 0 Å². The van der Waals surface area contributed by atoms with Crippen LogP contribution in [0.15, 0.2) is 60.8 Å². The topological polar surface area (TPSA) is 40.9 Å². The number of amides is 1. The molecule has 1 aliphatic carbocycles. The summed E-state index contributed by atoms with van der Waals surface area (Å²) in [5, 5.41) is 0. The number of benzene rings is 1. The Bertz CT molecular complexity index is 1020. The molecule has 144 valence electrons. The minimum atomic E-state index is -0.0177. The standard InChI is InChI=1S/C23H26N4O/c1-17(28)27(20-14-12-19(13-15-20)25(2)3)23-22(18-9-5-4-6-10-18)24-21-11-7-8-16-26(21)23/h4-5,7-8,11-16,18H,6,9-10H2,1-3H3. The number of carbonyl (C=O) groups excluding carboxylic acids is 1. The SMILES string of the molecule is CC(=O)N(c1ccc(N(C)C)cc1)c1c(C2CC=CCC2)nc2ccccn12. The van der Waals surface area contributed by atoms with Crippen molar-refractivity contribution in [2.75, 3.05) is 23.9 Å². The number of rotatable bonds is 4. The van der Waals surface area contributed by atoms with E-state index < -0.39 is 0 Å². The zero-order valence-electron chi connectivity index (χ0n) is 16.7. The van der Waals surface area contributed by atoms with E-state index in [-0.39, 0.29) is 5.91 Å². The van der Waals surface area contributed by atoms with Gasteiger partial charge in [0.25, 0.3) is 0 Å². The molecule has 5 nitrogen and oxygen atoms in total. The van der Waals surface area contributed by atoms with E-state index in [0.29, 0.717) is 5.92 Å². The van der Waals surface area contributed by atoms with Gasteiger partial charge < -0.3 is 4.90 Å². The van der Waals surface area contributed by atoms with Crippen LogP contribution < -0.4 is 9.80 Å². The third-order valence-corrected chi connectivity index (χ3v) is 5.34. The first-order valence-electron chi connectivity index (χ1n) is 9.76. The van der Waals surface area contributed by atoms with Crippen molar-refractivity contribution in [3.05, 3.63) is 66.5 Å². The number of pyridine rings is 1. The van der Waals surface area contributed by atoms with Crippen LogP contribution in [0.3, 0.4) is 0 Å². The molecule has 4 rings (SSSR count). The van der Waals surface area contributed by atoms with E-state index in [0.717, 1.165) is 47.8 Å². The van der Waals surface area contributed by atoms with E-state index in [1.54, 1.807) is 11.8 Å². The summed E-state index contributed by atoms with van der Waals surface area (Å²) in [6.45, 7) is 1.62. The molecule has 1 unspecified atom stereocenters. The molecule has 1 aromatic carbocycles. The van der Waals surface area contributed by atoms with Crippen LogP contribution in [-0.2, 0) is 4.79 Å². The average molecular weight is 374 g/mol. The van der Waals surface area contributed by atoms with Gasteiger partial charge in [-0.25, -0.2) is 4.98 Å². The molecule has 0 bridgehead atoms. The number of nitrogens with zero attached hydrogens (tertiary/aromatic N) is 4. The fourth-order valence-electron chi connectivity index (χ4n) is 3.89. The predicted molar refractivity (Wildman–Crippen MR) is 115 cm³/mol. The zero-order chi connectivity index (χ0) is 19.7. The lowest BCUT2D eigenvalue weighted by molar-refractivity contribution is -0.115. The number of anilines is 3. The van der Waals surface area contributed by atoms with Gasteiger partial charge >= 0.3 is 0 Å². The molecule has 0 saturated carbocycles. The number of allylic oxidation sites excluding steroid dienone is 2. The van der Waals surface area contributed by atoms with Gasteiger partial charge in [-0.3, -0.25) is 14.1 Å². The Morgan fingerprint density at radius 3 is 2.46 bits per heavy atom. The van der Waals surface area contributed by atoms with Crippen LogP contribution in [0.25, 0.3) is 5.65 Å². The molecule has 1 aliphatic rings. The normalized spacial score (nSPS) is 16.3. The molecule has 0 spiro atoms. The van der Waals surface area contributed by atoms with E-state index in [9.17, 15) is 4.79 Å². The lowest BCUT2D eigenvalue weighted by Crippen LogP contribution is -2.26. The molecule has 28 heavy (non-hydrogen) atoms. The quantitative estimate of drug-likeness (QED) is 0.609. The summed E-state index contributed by atoms with van der Waals surface area (Å²) < 4.78 is 2.04. The Labute approximate surface area is 165 Å². The molecule has 0 saturated heterocycles. The fourth-order valence-corrected chi connectivity index (χ4v) is 3.89. The number of carbonyl (C=O) groups is 1. The van der Waals surface area contributed by atoms with E-state index in [2.05, 4.69) is 17.1 Å². The van der Waals surface area contributed by atoms with Gasteiger partial charge in [0.05, 0.1) is 11.4 Å². The first-order valence-corrected chi connectivity index (χ1v) is 9.76. The third-order valence-electron chi connectivity index (χ3n) is 5.34. The molecule has 0 radical (unpaired) electrons. The van der Waals surface area contributed by atoms with Crippen LogP contribution in [0.2, 0.25) is 0 Å². The molecular formula is C23H26N4O. The molecule has 1 atom stereocenters. The highest BCUT2D eigenvalue weighted by atomic mass is 16.2. The predicted octanol–water partition coefficient (Wildman–Crippen LogP) is 4.91. The second-order valence-electron chi connectivity index (χ2n) is 7.50. The maximum absolute atomic E-state index is 12.8. The number of hydrogen-bond donors (Lipinski definition) is 0. The Morgan fingerprint density at radius 1 is 1.07 bits per heavy atom. The van der Waals surface area contributed by atoms with E-state index >= 15 is 0 Å². The molecule has 1 amide bonds. The van der Waals surface area contributed by atoms with Gasteiger partial charge in [0.15, 0.2) is 0 Å². The third kappa shape index (κ3) is 3.28. The second kappa shape index (κ2) is 7.50. The van der Waals surface area contributed by atoms with Gasteiger partial charge in [-0.2, -0.15) is 0 Å². The molecule has 2 heterocycles. The smallest absolute Gasteiger partial charge is 0.229 e. The molecule has 5 heteroatoms. The summed E-state index contributed by atoms with van der Waals surface area (Å²) in [5.74, 6) is 1.17. The summed E-state index contributed by atoms with van der Waals surface area (Å²) in [6.07, 6.45) is 9.51. The van der Waals surface area contributed by atoms with Gasteiger partial charge in [-0.1, -0.05) is 18.2 Å². The molecule has 0 N–H and O–H groups in total. The van der Waals surface area contributed by atoms with E-state index in [4.69, 9.17) is 4.98 Å². The highest BCUT2D eigenvalue weighted by Crippen LogP contribution is 2.38. The molecule has 2 aromatic heterocycles. The summed E-state index contributed by atoms with van der Waals surface area (Å²) in [5.41, 5.74) is 3.83. The van der Waals surface area contributed by atoms with Gasteiger partial charge in [-0.15, -0.1) is 0 Å². The van der Waals surface area contributed by atoms with Crippen molar-refractivity contribution in [1.82, 2.24) is 9.38 Å². The Balaban J connectivity index is 1.88. The van der Waals surface area contributed by atoms with Crippen LogP contribution in [0, 0.1) is 0 Å². The summed E-state index contributed by atoms with van der Waals surface area (Å²) in [7, 11) is 4.02. The van der Waals surface area contributed by atoms with Crippen molar-refractivity contribution in [3.8, 4) is 0 Å². The van der Waals surface area contributed by atoms with Crippen LogP contribution in [-0.4, -0.2) is 29.4 Å². The highest BCUT2D eigenvalue weighted by Gasteiger charge is 2.28. The van der Waals surface area contributed by atoms with Crippen molar-refractivity contribution in [3.63, 3.8) is 0 Å². The number of fused-ring (bicyclic) bond motifs is 1. The van der Waals surface area contributed by atoms with E-state index in [1.807, 2.05) is 67.2 Å². The van der Waals surface area contributed by atoms with Crippen LogP contribution in [0.5, 0.6) is 0 Å². The fraction of sp³-hybridized carbons (Fsp3) is 0.304. The van der Waals surface area contributed by atoms with Crippen molar-refractivity contribution < 1.29 is 4.79 Å². The Morgan fingerprint density at radius 2 is 1.82 bits per heavy atom.